The van der Waals surface area contributed by atoms with Crippen LogP contribution < -0.4 is 4.90 Å². The number of rotatable bonds is 4. The third-order valence-electron chi connectivity index (χ3n) is 7.00. The number of hydrogen-bond donors (Lipinski definition) is 1. The van der Waals surface area contributed by atoms with Crippen LogP contribution in [0.5, 0.6) is 0 Å². The summed E-state index contributed by atoms with van der Waals surface area (Å²) in [5.74, 6) is -0.519. The Kier molecular flexibility index (Phi) is 5.21. The summed E-state index contributed by atoms with van der Waals surface area (Å²) < 4.78 is 18.1. The maximum Gasteiger partial charge on any atom is 0.306 e. The van der Waals surface area contributed by atoms with Crippen LogP contribution in [0.2, 0.25) is 0 Å². The van der Waals surface area contributed by atoms with Crippen molar-refractivity contribution in [2.75, 3.05) is 18.0 Å². The number of nitrogens with zero attached hydrogens (tertiary/aromatic N) is 6. The zero-order valence-corrected chi connectivity index (χ0v) is 20.0. The Labute approximate surface area is 206 Å². The van der Waals surface area contributed by atoms with Crippen molar-refractivity contribution in [3.63, 3.8) is 0 Å². The van der Waals surface area contributed by atoms with Gasteiger partial charge in [-0.05, 0) is 55.7 Å². The highest BCUT2D eigenvalue weighted by Crippen LogP contribution is 2.36. The number of aryl methyl sites for hydroxylation is 2. The van der Waals surface area contributed by atoms with Crippen molar-refractivity contribution >= 4 is 33.6 Å². The number of benzene rings is 2. The van der Waals surface area contributed by atoms with Gasteiger partial charge in [0.15, 0.2) is 0 Å². The highest BCUT2D eigenvalue weighted by molar-refractivity contribution is 6.03. The fourth-order valence-corrected chi connectivity index (χ4v) is 5.20. The van der Waals surface area contributed by atoms with Gasteiger partial charge in [0.25, 0.3) is 0 Å². The average Bonchev–Trinajstić information content (AvgIpc) is 3.44. The standard InChI is InChI=1S/C27H25FN6O2/c1-16-12-18(28)13-21-25(20-4-3-5-23-22(20)15-32(2)30-23)31-34(26(16)21)19-6-7-24(29-14-19)33-10-8-17(9-11-33)27(35)36/h3-7,12-15,17H,8-11H2,1-2H3,(H,35,36). The summed E-state index contributed by atoms with van der Waals surface area (Å²) in [5.41, 5.74) is 4.80. The van der Waals surface area contributed by atoms with Crippen molar-refractivity contribution in [2.45, 2.75) is 19.8 Å². The second kappa shape index (κ2) is 8.44. The molecule has 0 unspecified atom stereocenters. The molecule has 9 heteroatoms. The van der Waals surface area contributed by atoms with Gasteiger partial charge in [0, 0.05) is 42.7 Å². The van der Waals surface area contributed by atoms with E-state index in [9.17, 15) is 14.3 Å². The molecular formula is C27H25FN6O2. The molecule has 182 valence electrons. The predicted molar refractivity (Wildman–Crippen MR) is 136 cm³/mol. The van der Waals surface area contributed by atoms with Crippen molar-refractivity contribution < 1.29 is 14.3 Å². The zero-order valence-electron chi connectivity index (χ0n) is 20.0. The summed E-state index contributed by atoms with van der Waals surface area (Å²) in [5, 5.41) is 20.4. The van der Waals surface area contributed by atoms with Crippen LogP contribution in [0.3, 0.4) is 0 Å². The molecule has 2 aromatic carbocycles. The van der Waals surface area contributed by atoms with Gasteiger partial charge in [-0.15, -0.1) is 0 Å². The van der Waals surface area contributed by atoms with Crippen molar-refractivity contribution in [1.82, 2.24) is 24.5 Å². The van der Waals surface area contributed by atoms with Crippen LogP contribution in [-0.4, -0.2) is 48.7 Å². The fourth-order valence-electron chi connectivity index (χ4n) is 5.20. The molecule has 0 atom stereocenters. The number of pyridine rings is 1. The molecule has 0 aliphatic carbocycles. The van der Waals surface area contributed by atoms with Crippen LogP contribution in [0.25, 0.3) is 38.8 Å². The van der Waals surface area contributed by atoms with Gasteiger partial charge in [-0.1, -0.05) is 12.1 Å². The molecule has 0 spiro atoms. The molecule has 6 rings (SSSR count). The van der Waals surface area contributed by atoms with Gasteiger partial charge in [0.05, 0.1) is 28.8 Å². The molecule has 3 aromatic heterocycles. The second-order valence-electron chi connectivity index (χ2n) is 9.39. The highest BCUT2D eigenvalue weighted by atomic mass is 19.1. The first-order chi connectivity index (χ1) is 17.4. The number of hydrogen-bond acceptors (Lipinski definition) is 5. The largest absolute Gasteiger partial charge is 0.481 e. The second-order valence-corrected chi connectivity index (χ2v) is 9.39. The van der Waals surface area contributed by atoms with Crippen molar-refractivity contribution in [2.24, 2.45) is 13.0 Å². The van der Waals surface area contributed by atoms with Crippen LogP contribution >= 0.6 is 0 Å². The van der Waals surface area contributed by atoms with Crippen LogP contribution in [0.4, 0.5) is 10.2 Å². The van der Waals surface area contributed by atoms with Gasteiger partial charge in [-0.3, -0.25) is 9.48 Å². The Balaban J connectivity index is 1.43. The topological polar surface area (TPSA) is 89.1 Å². The van der Waals surface area contributed by atoms with E-state index in [1.807, 2.05) is 55.2 Å². The summed E-state index contributed by atoms with van der Waals surface area (Å²) in [4.78, 5) is 18.0. The first kappa shape index (κ1) is 22.2. The smallest absolute Gasteiger partial charge is 0.306 e. The highest BCUT2D eigenvalue weighted by Gasteiger charge is 2.25. The maximum absolute atomic E-state index is 14.6. The van der Waals surface area contributed by atoms with Crippen molar-refractivity contribution in [3.05, 3.63) is 66.2 Å². The molecule has 8 nitrogen and oxygen atoms in total. The number of piperidine rings is 1. The Morgan fingerprint density at radius 1 is 1.08 bits per heavy atom. The number of aliphatic carboxylic acids is 1. The molecule has 1 N–H and O–H groups in total. The Hall–Kier alpha value is -4.27. The predicted octanol–water partition coefficient (Wildman–Crippen LogP) is 4.72. The SMILES string of the molecule is Cc1cc(F)cc2c(-c3cccc4nn(C)cc34)nn(-c3ccc(N4CCC(C(=O)O)CC4)nc3)c12. The van der Waals surface area contributed by atoms with E-state index in [0.717, 1.165) is 44.4 Å². The normalized spacial score (nSPS) is 14.7. The lowest BCUT2D eigenvalue weighted by molar-refractivity contribution is -0.142. The zero-order chi connectivity index (χ0) is 25.0. The molecule has 5 aromatic rings. The van der Waals surface area contributed by atoms with Crippen LogP contribution in [0.15, 0.2) is 54.9 Å². The first-order valence-electron chi connectivity index (χ1n) is 11.9. The van der Waals surface area contributed by atoms with Gasteiger partial charge in [-0.2, -0.15) is 10.2 Å². The first-order valence-corrected chi connectivity index (χ1v) is 11.9. The minimum Gasteiger partial charge on any atom is -0.481 e. The van der Waals surface area contributed by atoms with E-state index in [2.05, 4.69) is 15.0 Å². The summed E-state index contributed by atoms with van der Waals surface area (Å²) in [6.45, 7) is 3.20. The molecule has 0 bridgehead atoms. The molecular weight excluding hydrogens is 459 g/mol. The van der Waals surface area contributed by atoms with Gasteiger partial charge >= 0.3 is 5.97 Å². The molecule has 1 aliphatic heterocycles. The summed E-state index contributed by atoms with van der Waals surface area (Å²) in [7, 11) is 1.88. The molecule has 1 fully saturated rings. The minimum absolute atomic E-state index is 0.290. The lowest BCUT2D eigenvalue weighted by atomic mass is 9.97. The van der Waals surface area contributed by atoms with Gasteiger partial charge in [0.2, 0.25) is 0 Å². The summed E-state index contributed by atoms with van der Waals surface area (Å²) >= 11 is 0. The van der Waals surface area contributed by atoms with E-state index in [1.54, 1.807) is 10.9 Å². The summed E-state index contributed by atoms with van der Waals surface area (Å²) in [6.07, 6.45) is 4.93. The van der Waals surface area contributed by atoms with Gasteiger partial charge < -0.3 is 10.0 Å². The van der Waals surface area contributed by atoms with Crippen LogP contribution in [0, 0.1) is 18.7 Å². The Bertz CT molecular complexity index is 1610. The van der Waals surface area contributed by atoms with E-state index < -0.39 is 5.97 Å². The van der Waals surface area contributed by atoms with Gasteiger partial charge in [0.1, 0.15) is 17.3 Å². The number of carbonyl (C=O) groups is 1. The van der Waals surface area contributed by atoms with E-state index in [-0.39, 0.29) is 11.7 Å². The lowest BCUT2D eigenvalue weighted by Gasteiger charge is -2.31. The maximum atomic E-state index is 14.6. The van der Waals surface area contributed by atoms with Crippen molar-refractivity contribution in [1.29, 1.82) is 0 Å². The molecule has 0 radical (unpaired) electrons. The lowest BCUT2D eigenvalue weighted by Crippen LogP contribution is -2.36. The van der Waals surface area contributed by atoms with E-state index in [0.29, 0.717) is 31.6 Å². The molecule has 0 amide bonds. The number of anilines is 1. The minimum atomic E-state index is -0.729. The molecule has 36 heavy (non-hydrogen) atoms. The van der Waals surface area contributed by atoms with Crippen molar-refractivity contribution in [3.8, 4) is 16.9 Å². The van der Waals surface area contributed by atoms with Crippen LogP contribution in [-0.2, 0) is 11.8 Å². The monoisotopic (exact) mass is 484 g/mol. The molecule has 4 heterocycles. The summed E-state index contributed by atoms with van der Waals surface area (Å²) in [6, 6.07) is 12.8. The fraction of sp³-hybridized carbons (Fsp3) is 0.259. The Morgan fingerprint density at radius 3 is 2.61 bits per heavy atom. The number of carboxylic acids is 1. The van der Waals surface area contributed by atoms with E-state index in [1.165, 1.54) is 12.1 Å². The molecule has 1 saturated heterocycles. The third kappa shape index (κ3) is 3.67. The third-order valence-corrected chi connectivity index (χ3v) is 7.00. The van der Waals surface area contributed by atoms with E-state index in [4.69, 9.17) is 5.10 Å². The Morgan fingerprint density at radius 2 is 1.89 bits per heavy atom. The molecule has 0 saturated carbocycles. The molecule has 1 aliphatic rings. The number of carboxylic acid groups (broad SMARTS) is 1. The van der Waals surface area contributed by atoms with E-state index >= 15 is 0 Å². The number of halogens is 1. The van der Waals surface area contributed by atoms with Gasteiger partial charge in [-0.25, -0.2) is 14.1 Å². The number of fused-ring (bicyclic) bond motifs is 2. The number of aromatic nitrogens is 5. The van der Waals surface area contributed by atoms with Crippen LogP contribution in [0.1, 0.15) is 18.4 Å². The quantitative estimate of drug-likeness (QED) is 0.397. The average molecular weight is 485 g/mol.